The van der Waals surface area contributed by atoms with Crippen molar-refractivity contribution in [3.05, 3.63) is 36.0 Å². The van der Waals surface area contributed by atoms with Crippen molar-refractivity contribution in [2.24, 2.45) is 0 Å². The molecule has 1 unspecified atom stereocenters. The summed E-state index contributed by atoms with van der Waals surface area (Å²) in [6, 6.07) is 13.4. The third-order valence-corrected chi connectivity index (χ3v) is 2.41. The van der Waals surface area contributed by atoms with Gasteiger partial charge >= 0.3 is 0 Å². The fraction of sp³-hybridized carbons (Fsp3) is 0.250. The molecule has 0 aliphatic carbocycles. The largest absolute Gasteiger partial charge is 0.328 e. The van der Waals surface area contributed by atoms with E-state index in [1.54, 1.807) is 0 Å². The minimum atomic E-state index is -0.133. The SMILES string of the molecule is Cc1[c]c2ccccc2n1C(C)C#N. The second kappa shape index (κ2) is 3.19. The summed E-state index contributed by atoms with van der Waals surface area (Å²) < 4.78 is 2.01. The van der Waals surface area contributed by atoms with Gasteiger partial charge in [0.1, 0.15) is 6.04 Å². The molecular weight excluding hydrogens is 172 g/mol. The molecule has 0 amide bonds. The van der Waals surface area contributed by atoms with Crippen LogP contribution in [-0.2, 0) is 0 Å². The fourth-order valence-corrected chi connectivity index (χ4v) is 1.78. The number of hydrogen-bond acceptors (Lipinski definition) is 1. The van der Waals surface area contributed by atoms with Gasteiger partial charge in [-0.1, -0.05) is 18.2 Å². The average Bonchev–Trinajstić information content (AvgIpc) is 2.53. The van der Waals surface area contributed by atoms with E-state index in [0.29, 0.717) is 0 Å². The van der Waals surface area contributed by atoms with Crippen molar-refractivity contribution in [1.82, 2.24) is 4.57 Å². The first-order valence-corrected chi connectivity index (χ1v) is 4.62. The highest BCUT2D eigenvalue weighted by Crippen LogP contribution is 2.22. The number of nitriles is 1. The molecule has 2 aromatic rings. The van der Waals surface area contributed by atoms with Crippen molar-refractivity contribution < 1.29 is 0 Å². The molecule has 1 heterocycles. The van der Waals surface area contributed by atoms with Crippen LogP contribution in [0.4, 0.5) is 0 Å². The Morgan fingerprint density at radius 2 is 2.14 bits per heavy atom. The Balaban J connectivity index is 2.75. The summed E-state index contributed by atoms with van der Waals surface area (Å²) >= 11 is 0. The third-order valence-electron chi connectivity index (χ3n) is 2.41. The molecule has 2 heteroatoms. The first kappa shape index (κ1) is 8.83. The van der Waals surface area contributed by atoms with Gasteiger partial charge in [-0.15, -0.1) is 0 Å². The van der Waals surface area contributed by atoms with E-state index in [1.807, 2.05) is 42.7 Å². The number of hydrogen-bond donors (Lipinski definition) is 0. The van der Waals surface area contributed by atoms with Crippen LogP contribution in [0.25, 0.3) is 10.9 Å². The van der Waals surface area contributed by atoms with Crippen molar-refractivity contribution in [2.75, 3.05) is 0 Å². The second-order valence-electron chi connectivity index (χ2n) is 3.40. The third kappa shape index (κ3) is 1.18. The molecule has 0 aliphatic rings. The Bertz CT molecular complexity index is 503. The maximum absolute atomic E-state index is 8.91. The highest BCUT2D eigenvalue weighted by molar-refractivity contribution is 5.80. The predicted octanol–water partition coefficient (Wildman–Crippen LogP) is 2.83. The summed E-state index contributed by atoms with van der Waals surface area (Å²) in [5.74, 6) is 0. The number of nitrogens with zero attached hydrogens (tertiary/aromatic N) is 2. The van der Waals surface area contributed by atoms with E-state index in [1.165, 1.54) is 0 Å². The number of aromatic nitrogens is 1. The van der Waals surface area contributed by atoms with Crippen molar-refractivity contribution in [2.45, 2.75) is 19.9 Å². The van der Waals surface area contributed by atoms with Crippen LogP contribution < -0.4 is 0 Å². The monoisotopic (exact) mass is 183 g/mol. The Hall–Kier alpha value is -1.75. The van der Waals surface area contributed by atoms with Gasteiger partial charge in [0, 0.05) is 22.7 Å². The van der Waals surface area contributed by atoms with E-state index in [9.17, 15) is 0 Å². The van der Waals surface area contributed by atoms with E-state index >= 15 is 0 Å². The molecule has 0 aliphatic heterocycles. The molecule has 69 valence electrons. The fourth-order valence-electron chi connectivity index (χ4n) is 1.78. The highest BCUT2D eigenvalue weighted by atomic mass is 15.0. The van der Waals surface area contributed by atoms with Crippen LogP contribution in [-0.4, -0.2) is 4.57 Å². The molecule has 1 atom stereocenters. The molecule has 0 spiro atoms. The first-order valence-electron chi connectivity index (χ1n) is 4.62. The molecule has 0 N–H and O–H groups in total. The van der Waals surface area contributed by atoms with Crippen molar-refractivity contribution in [3.63, 3.8) is 0 Å². The Morgan fingerprint density at radius 3 is 2.86 bits per heavy atom. The highest BCUT2D eigenvalue weighted by Gasteiger charge is 2.10. The number of aryl methyl sites for hydroxylation is 1. The van der Waals surface area contributed by atoms with E-state index in [2.05, 4.69) is 12.1 Å². The quantitative estimate of drug-likeness (QED) is 0.668. The van der Waals surface area contributed by atoms with E-state index in [4.69, 9.17) is 5.26 Å². The minimum absolute atomic E-state index is 0.133. The number of fused-ring (bicyclic) bond motifs is 1. The van der Waals surface area contributed by atoms with Crippen molar-refractivity contribution >= 4 is 10.9 Å². The smallest absolute Gasteiger partial charge is 0.118 e. The second-order valence-corrected chi connectivity index (χ2v) is 3.40. The summed E-state index contributed by atoms with van der Waals surface area (Å²) in [5.41, 5.74) is 2.10. The number of benzene rings is 1. The van der Waals surface area contributed by atoms with Gasteiger partial charge in [-0.25, -0.2) is 0 Å². The van der Waals surface area contributed by atoms with Crippen LogP contribution in [0.3, 0.4) is 0 Å². The van der Waals surface area contributed by atoms with Gasteiger partial charge in [0.05, 0.1) is 6.07 Å². The van der Waals surface area contributed by atoms with Gasteiger partial charge in [-0.2, -0.15) is 5.26 Å². The molecule has 1 aromatic carbocycles. The summed E-state index contributed by atoms with van der Waals surface area (Å²) in [7, 11) is 0. The van der Waals surface area contributed by atoms with Gasteiger partial charge < -0.3 is 4.57 Å². The lowest BCUT2D eigenvalue weighted by Crippen LogP contribution is -2.03. The molecule has 2 rings (SSSR count). The van der Waals surface area contributed by atoms with E-state index in [-0.39, 0.29) is 6.04 Å². The summed E-state index contributed by atoms with van der Waals surface area (Å²) in [5, 5.41) is 9.98. The summed E-state index contributed by atoms with van der Waals surface area (Å²) in [6.07, 6.45) is 0. The van der Waals surface area contributed by atoms with Crippen molar-refractivity contribution in [1.29, 1.82) is 5.26 Å². The topological polar surface area (TPSA) is 28.7 Å². The molecule has 1 aromatic heterocycles. The Labute approximate surface area is 83.4 Å². The van der Waals surface area contributed by atoms with Gasteiger partial charge in [0.15, 0.2) is 0 Å². The van der Waals surface area contributed by atoms with Gasteiger partial charge in [0.2, 0.25) is 0 Å². The molecule has 0 bridgehead atoms. The first-order chi connectivity index (χ1) is 6.74. The Morgan fingerprint density at radius 1 is 1.43 bits per heavy atom. The van der Waals surface area contributed by atoms with Gasteiger partial charge in [-0.05, 0) is 19.9 Å². The van der Waals surface area contributed by atoms with Crippen LogP contribution in [0, 0.1) is 24.3 Å². The molecule has 0 saturated heterocycles. The zero-order valence-corrected chi connectivity index (χ0v) is 8.28. The lowest BCUT2D eigenvalue weighted by atomic mass is 10.2. The van der Waals surface area contributed by atoms with Crippen LogP contribution in [0.2, 0.25) is 0 Å². The molecule has 14 heavy (non-hydrogen) atoms. The molecule has 1 radical (unpaired) electrons. The van der Waals surface area contributed by atoms with E-state index in [0.717, 1.165) is 16.6 Å². The van der Waals surface area contributed by atoms with Gasteiger partial charge in [0.25, 0.3) is 0 Å². The van der Waals surface area contributed by atoms with E-state index < -0.39 is 0 Å². The maximum Gasteiger partial charge on any atom is 0.118 e. The predicted molar refractivity (Wildman–Crippen MR) is 55.8 cm³/mol. The maximum atomic E-state index is 8.91. The molecule has 2 nitrogen and oxygen atoms in total. The van der Waals surface area contributed by atoms with Crippen LogP contribution in [0.15, 0.2) is 24.3 Å². The zero-order valence-electron chi connectivity index (χ0n) is 8.28. The summed E-state index contributed by atoms with van der Waals surface area (Å²) in [4.78, 5) is 0. The average molecular weight is 183 g/mol. The lowest BCUT2D eigenvalue weighted by Gasteiger charge is -2.09. The number of rotatable bonds is 1. The molecule has 0 saturated carbocycles. The zero-order chi connectivity index (χ0) is 10.1. The normalized spacial score (nSPS) is 12.6. The van der Waals surface area contributed by atoms with Crippen molar-refractivity contribution in [3.8, 4) is 6.07 Å². The summed E-state index contributed by atoms with van der Waals surface area (Å²) in [6.45, 7) is 3.88. The minimum Gasteiger partial charge on any atom is -0.328 e. The molecular formula is C12H11N2. The lowest BCUT2D eigenvalue weighted by molar-refractivity contribution is 0.680. The van der Waals surface area contributed by atoms with Gasteiger partial charge in [-0.3, -0.25) is 0 Å². The number of para-hydroxylation sites is 1. The standard InChI is InChI=1S/C12H11N2/c1-9-7-11-5-3-4-6-12(11)14(9)10(2)8-13/h3-6,10H,1-2H3. The van der Waals surface area contributed by atoms with Crippen LogP contribution >= 0.6 is 0 Å². The Kier molecular flexibility index (Phi) is 2.01. The van der Waals surface area contributed by atoms with Crippen LogP contribution in [0.5, 0.6) is 0 Å². The molecule has 0 fully saturated rings. The van der Waals surface area contributed by atoms with Crippen LogP contribution in [0.1, 0.15) is 18.7 Å².